The molecule has 2 heteroatoms. The van der Waals surface area contributed by atoms with E-state index in [0.29, 0.717) is 0 Å². The predicted octanol–water partition coefficient (Wildman–Crippen LogP) is 5.94. The number of nitrogens with zero attached hydrogens (tertiary/aromatic N) is 1. The Kier molecular flexibility index (Phi) is 4.98. The summed E-state index contributed by atoms with van der Waals surface area (Å²) in [7, 11) is 0. The molecule has 0 fully saturated rings. The van der Waals surface area contributed by atoms with Gasteiger partial charge in [-0.1, -0.05) is 24.8 Å². The SMILES string of the molecule is C=C(C=N)c1c(/C=C\C)nc(-c2ccc(C)c(C)c2)c2c1CCCC2. The van der Waals surface area contributed by atoms with Crippen molar-refractivity contribution in [1.29, 1.82) is 5.41 Å². The Hall–Kier alpha value is -2.48. The van der Waals surface area contributed by atoms with Crippen LogP contribution in [0.5, 0.6) is 0 Å². The maximum atomic E-state index is 7.69. The molecule has 1 heterocycles. The number of aromatic nitrogens is 1. The minimum Gasteiger partial charge on any atom is -0.308 e. The predicted molar refractivity (Wildman–Crippen MR) is 108 cm³/mol. The second-order valence-electron chi connectivity index (χ2n) is 6.85. The molecule has 0 amide bonds. The molecule has 128 valence electrons. The van der Waals surface area contributed by atoms with E-state index in [-0.39, 0.29) is 0 Å². The van der Waals surface area contributed by atoms with Crippen molar-refractivity contribution in [2.24, 2.45) is 0 Å². The monoisotopic (exact) mass is 330 g/mol. The molecule has 0 saturated carbocycles. The maximum absolute atomic E-state index is 7.69. The molecule has 3 rings (SSSR count). The highest BCUT2D eigenvalue weighted by Gasteiger charge is 2.22. The van der Waals surface area contributed by atoms with Crippen molar-refractivity contribution in [2.75, 3.05) is 0 Å². The first-order valence-electron chi connectivity index (χ1n) is 9.02. The highest BCUT2D eigenvalue weighted by atomic mass is 14.7. The fourth-order valence-corrected chi connectivity index (χ4v) is 3.68. The van der Waals surface area contributed by atoms with E-state index in [0.717, 1.165) is 35.4 Å². The Morgan fingerprint density at radius 2 is 1.84 bits per heavy atom. The highest BCUT2D eigenvalue weighted by molar-refractivity contribution is 6.09. The zero-order valence-electron chi connectivity index (χ0n) is 15.4. The van der Waals surface area contributed by atoms with Crippen LogP contribution in [0, 0.1) is 19.3 Å². The van der Waals surface area contributed by atoms with Gasteiger partial charge < -0.3 is 5.41 Å². The Morgan fingerprint density at radius 1 is 1.12 bits per heavy atom. The van der Waals surface area contributed by atoms with Gasteiger partial charge in [-0.2, -0.15) is 0 Å². The molecule has 0 aliphatic heterocycles. The molecule has 1 aliphatic rings. The lowest BCUT2D eigenvalue weighted by atomic mass is 9.83. The molecule has 1 N–H and O–H groups in total. The van der Waals surface area contributed by atoms with Gasteiger partial charge in [0.05, 0.1) is 11.4 Å². The van der Waals surface area contributed by atoms with E-state index in [1.807, 2.05) is 19.1 Å². The normalized spacial score (nSPS) is 13.7. The van der Waals surface area contributed by atoms with Gasteiger partial charge in [0, 0.05) is 17.3 Å². The van der Waals surface area contributed by atoms with Gasteiger partial charge in [0.25, 0.3) is 0 Å². The van der Waals surface area contributed by atoms with Crippen LogP contribution in [0.2, 0.25) is 0 Å². The van der Waals surface area contributed by atoms with Gasteiger partial charge >= 0.3 is 0 Å². The number of hydrogen-bond acceptors (Lipinski definition) is 2. The highest BCUT2D eigenvalue weighted by Crippen LogP contribution is 2.36. The van der Waals surface area contributed by atoms with Crippen molar-refractivity contribution in [3.8, 4) is 11.3 Å². The second kappa shape index (κ2) is 7.18. The summed E-state index contributed by atoms with van der Waals surface area (Å²) in [5, 5.41) is 7.69. The molecule has 2 nitrogen and oxygen atoms in total. The molecule has 25 heavy (non-hydrogen) atoms. The van der Waals surface area contributed by atoms with Gasteiger partial charge in [0.2, 0.25) is 0 Å². The molecule has 1 aliphatic carbocycles. The first-order chi connectivity index (χ1) is 12.1. The van der Waals surface area contributed by atoms with E-state index in [9.17, 15) is 0 Å². The summed E-state index contributed by atoms with van der Waals surface area (Å²) < 4.78 is 0. The van der Waals surface area contributed by atoms with Crippen LogP contribution in [0.4, 0.5) is 0 Å². The number of aryl methyl sites for hydroxylation is 2. The van der Waals surface area contributed by atoms with Gasteiger partial charge in [-0.05, 0) is 86.4 Å². The molecular weight excluding hydrogens is 304 g/mol. The van der Waals surface area contributed by atoms with Crippen molar-refractivity contribution < 1.29 is 0 Å². The van der Waals surface area contributed by atoms with Crippen LogP contribution in [0.1, 0.15) is 53.3 Å². The fourth-order valence-electron chi connectivity index (χ4n) is 3.68. The van der Waals surface area contributed by atoms with E-state index in [4.69, 9.17) is 10.4 Å². The van der Waals surface area contributed by atoms with E-state index in [2.05, 4.69) is 38.6 Å². The molecule has 0 saturated heterocycles. The third-order valence-corrected chi connectivity index (χ3v) is 5.14. The van der Waals surface area contributed by atoms with Crippen LogP contribution in [0.3, 0.4) is 0 Å². The number of pyridine rings is 1. The zero-order chi connectivity index (χ0) is 18.0. The fraction of sp³-hybridized carbons (Fsp3) is 0.304. The molecule has 0 bridgehead atoms. The van der Waals surface area contributed by atoms with Gasteiger partial charge in [-0.3, -0.25) is 0 Å². The quantitative estimate of drug-likeness (QED) is 0.692. The molecule has 2 aromatic rings. The Balaban J connectivity index is 2.32. The molecule has 0 atom stereocenters. The van der Waals surface area contributed by atoms with Crippen molar-refractivity contribution in [2.45, 2.75) is 46.5 Å². The van der Waals surface area contributed by atoms with Gasteiger partial charge in [0.1, 0.15) is 0 Å². The van der Waals surface area contributed by atoms with E-state index >= 15 is 0 Å². The summed E-state index contributed by atoms with van der Waals surface area (Å²) in [6.45, 7) is 10.4. The van der Waals surface area contributed by atoms with E-state index < -0.39 is 0 Å². The minimum atomic E-state index is 0.755. The Labute approximate surface area is 150 Å². The lowest BCUT2D eigenvalue weighted by molar-refractivity contribution is 0.682. The molecule has 0 unspecified atom stereocenters. The third kappa shape index (κ3) is 3.21. The largest absolute Gasteiger partial charge is 0.308 e. The van der Waals surface area contributed by atoms with Crippen LogP contribution in [-0.2, 0) is 12.8 Å². The smallest absolute Gasteiger partial charge is 0.0744 e. The van der Waals surface area contributed by atoms with Gasteiger partial charge in [-0.25, -0.2) is 4.98 Å². The van der Waals surface area contributed by atoms with E-state index in [1.165, 1.54) is 46.9 Å². The first-order valence-corrected chi connectivity index (χ1v) is 9.02. The average molecular weight is 330 g/mol. The van der Waals surface area contributed by atoms with Gasteiger partial charge in [-0.15, -0.1) is 0 Å². The molecule has 0 radical (unpaired) electrons. The summed E-state index contributed by atoms with van der Waals surface area (Å²) in [6.07, 6.45) is 9.91. The summed E-state index contributed by atoms with van der Waals surface area (Å²) in [6, 6.07) is 6.61. The minimum absolute atomic E-state index is 0.755. The summed E-state index contributed by atoms with van der Waals surface area (Å²) in [4.78, 5) is 5.03. The second-order valence-corrected chi connectivity index (χ2v) is 6.85. The van der Waals surface area contributed by atoms with Crippen molar-refractivity contribution in [3.05, 3.63) is 64.4 Å². The molecule has 1 aromatic carbocycles. The molecule has 1 aromatic heterocycles. The Bertz CT molecular complexity index is 872. The molecule has 0 spiro atoms. The van der Waals surface area contributed by atoms with Crippen molar-refractivity contribution >= 4 is 17.9 Å². The number of benzene rings is 1. The van der Waals surface area contributed by atoms with Crippen LogP contribution in [0.15, 0.2) is 30.9 Å². The zero-order valence-corrected chi connectivity index (χ0v) is 15.4. The number of nitrogens with one attached hydrogen (secondary N) is 1. The van der Waals surface area contributed by atoms with Crippen LogP contribution in [-0.4, -0.2) is 11.2 Å². The molecular formula is C23H26N2. The number of hydrogen-bond donors (Lipinski definition) is 1. The third-order valence-electron chi connectivity index (χ3n) is 5.14. The lowest BCUT2D eigenvalue weighted by Crippen LogP contribution is -2.12. The van der Waals surface area contributed by atoms with Gasteiger partial charge in [0.15, 0.2) is 0 Å². The average Bonchev–Trinajstić information content (AvgIpc) is 2.63. The van der Waals surface area contributed by atoms with E-state index in [1.54, 1.807) is 0 Å². The standard InChI is InChI=1S/C23H26N2/c1-5-8-21-22(17(4)14-24)19-9-6-7-10-20(19)23(25-21)18-12-11-15(2)16(3)13-18/h5,8,11-14,24H,4,6-7,9-10H2,1-3H3/b8-5-,24-14?. The van der Waals surface area contributed by atoms with Crippen LogP contribution in [0.25, 0.3) is 22.9 Å². The van der Waals surface area contributed by atoms with Crippen molar-refractivity contribution in [1.82, 2.24) is 4.98 Å². The lowest BCUT2D eigenvalue weighted by Gasteiger charge is -2.24. The number of rotatable bonds is 4. The number of allylic oxidation sites excluding steroid dienone is 2. The topological polar surface area (TPSA) is 36.7 Å². The van der Waals surface area contributed by atoms with Crippen molar-refractivity contribution in [3.63, 3.8) is 0 Å². The summed E-state index contributed by atoms with van der Waals surface area (Å²) >= 11 is 0. The Morgan fingerprint density at radius 3 is 2.48 bits per heavy atom. The van der Waals surface area contributed by atoms with Crippen LogP contribution < -0.4 is 0 Å². The summed E-state index contributed by atoms with van der Waals surface area (Å²) in [5.41, 5.74) is 10.3. The first kappa shape index (κ1) is 17.3. The maximum Gasteiger partial charge on any atom is 0.0744 e. The van der Waals surface area contributed by atoms with Crippen LogP contribution >= 0.6 is 0 Å². The summed E-state index contributed by atoms with van der Waals surface area (Å²) in [5.74, 6) is 0. The number of fused-ring (bicyclic) bond motifs is 1.